The molecule has 1 N–H and O–H groups in total. The predicted molar refractivity (Wildman–Crippen MR) is 183 cm³/mol. The van der Waals surface area contributed by atoms with E-state index in [1.165, 1.54) is 44.2 Å². The molecule has 0 aliphatic heterocycles. The quantitative estimate of drug-likeness (QED) is 0.0196. The molecule has 0 aromatic heterocycles. The summed E-state index contributed by atoms with van der Waals surface area (Å²) in [5.41, 5.74) is -3.18. The molecule has 0 aliphatic rings. The number of phosphoric acid groups is 1. The number of non-ortho nitro benzene ring substituents is 1. The molecule has 0 amide bonds. The summed E-state index contributed by atoms with van der Waals surface area (Å²) < 4.78 is 33.7. The lowest BCUT2D eigenvalue weighted by Gasteiger charge is -2.38. The monoisotopic (exact) mass is 728 g/mol. The van der Waals surface area contributed by atoms with Crippen LogP contribution in [-0.4, -0.2) is 97.7 Å². The van der Waals surface area contributed by atoms with Crippen LogP contribution in [0.3, 0.4) is 0 Å². The van der Waals surface area contributed by atoms with E-state index in [9.17, 15) is 43.5 Å². The lowest BCUT2D eigenvalue weighted by atomic mass is 9.78. The molecule has 0 radical (unpaired) electrons. The molecule has 282 valence electrons. The van der Waals surface area contributed by atoms with E-state index in [2.05, 4.69) is 6.92 Å². The third-order valence-electron chi connectivity index (χ3n) is 8.18. The molecule has 16 heteroatoms. The van der Waals surface area contributed by atoms with Gasteiger partial charge in [0, 0.05) is 24.5 Å². The Labute approximate surface area is 294 Å². The molecule has 1 rings (SSSR count). The van der Waals surface area contributed by atoms with E-state index < -0.39 is 55.0 Å². The number of carbonyl (C=O) groups is 4. The molecule has 0 spiro atoms. The average Bonchev–Trinajstić information content (AvgIpc) is 3.06. The molecule has 4 unspecified atom stereocenters. The Morgan fingerprint density at radius 1 is 0.960 bits per heavy atom. The van der Waals surface area contributed by atoms with Crippen LogP contribution >= 0.6 is 7.82 Å². The Kier molecular flexibility index (Phi) is 20.7. The van der Waals surface area contributed by atoms with Crippen LogP contribution in [0.2, 0.25) is 0 Å². The lowest BCUT2D eigenvalue weighted by Crippen LogP contribution is -2.60. The van der Waals surface area contributed by atoms with Gasteiger partial charge >= 0.3 is 7.82 Å². The van der Waals surface area contributed by atoms with Gasteiger partial charge in [0.2, 0.25) is 11.7 Å². The van der Waals surface area contributed by atoms with E-state index >= 15 is 0 Å². The number of hydrogen-bond donors (Lipinski definition) is 1. The summed E-state index contributed by atoms with van der Waals surface area (Å²) in [6, 6.07) is 4.50. The van der Waals surface area contributed by atoms with Crippen LogP contribution in [0.25, 0.3) is 0 Å². The molecule has 0 saturated carbocycles. The molecule has 0 bridgehead atoms. The van der Waals surface area contributed by atoms with Gasteiger partial charge in [0.15, 0.2) is 11.6 Å². The van der Waals surface area contributed by atoms with Gasteiger partial charge < -0.3 is 23.6 Å². The van der Waals surface area contributed by atoms with E-state index in [0.29, 0.717) is 17.3 Å². The lowest BCUT2D eigenvalue weighted by molar-refractivity contribution is -0.870. The Hall–Kier alpha value is -3.36. The number of benzene rings is 1. The highest BCUT2D eigenvalue weighted by atomic mass is 31.2. The van der Waals surface area contributed by atoms with Gasteiger partial charge in [-0.05, 0) is 12.0 Å². The van der Waals surface area contributed by atoms with Crippen LogP contribution in [0.4, 0.5) is 5.69 Å². The van der Waals surface area contributed by atoms with Crippen LogP contribution in [0.5, 0.6) is 0 Å². The second-order valence-corrected chi connectivity index (χ2v) is 14.6. The van der Waals surface area contributed by atoms with Gasteiger partial charge in [-0.1, -0.05) is 83.3 Å². The Morgan fingerprint density at radius 2 is 1.52 bits per heavy atom. The number of nitrogens with zero attached hydrogens (tertiary/aromatic N) is 2. The van der Waals surface area contributed by atoms with Gasteiger partial charge in [-0.15, -0.1) is 6.42 Å². The standard InChI is InChI=1S/C34H53N2O13P/c1-5-6-7-8-9-10-11-12-13-14-15-16-31(40)33(46-26-38)34(47-27-39,25-49-50(44,45)48-24-22-36(2,3)4)32(41)30(21-23-37)28-17-19-29(20-18-28)35(42)43/h17-20,26-27,30,33H,5-16,21-22,24-25H2,1-4H3,(H,44,45). The van der Waals surface area contributed by atoms with Gasteiger partial charge in [-0.25, -0.2) is 4.57 Å². The van der Waals surface area contributed by atoms with E-state index in [0.717, 1.165) is 37.8 Å². The van der Waals surface area contributed by atoms with Crippen molar-refractivity contribution in [2.75, 3.05) is 40.9 Å². The van der Waals surface area contributed by atoms with Gasteiger partial charge in [0.1, 0.15) is 19.8 Å². The Balaban J connectivity index is 3.36. The Bertz CT molecular complexity index is 1270. The topological polar surface area (TPSA) is 203 Å². The van der Waals surface area contributed by atoms with Crippen LogP contribution < -0.4 is 0 Å². The van der Waals surface area contributed by atoms with Crippen molar-refractivity contribution >= 4 is 44.3 Å². The molecular weight excluding hydrogens is 675 g/mol. The first-order chi connectivity index (χ1) is 23.7. The number of phosphoric ester groups is 1. The summed E-state index contributed by atoms with van der Waals surface area (Å²) in [5, 5.41) is 11.2. The van der Waals surface area contributed by atoms with Crippen molar-refractivity contribution in [2.24, 2.45) is 0 Å². The zero-order valence-electron chi connectivity index (χ0n) is 29.6. The minimum Gasteiger partial charge on any atom is -0.542 e. The normalized spacial score (nSPS) is 15.1. The number of hydrogen-bond acceptors (Lipinski definition) is 12. The summed E-state index contributed by atoms with van der Waals surface area (Å²) in [4.78, 5) is 84.3. The van der Waals surface area contributed by atoms with Gasteiger partial charge in [-0.2, -0.15) is 0 Å². The van der Waals surface area contributed by atoms with Crippen molar-refractivity contribution in [3.8, 4) is 0 Å². The summed E-state index contributed by atoms with van der Waals surface area (Å²) in [6.45, 7) is 0.548. The largest absolute Gasteiger partial charge is 0.542 e. The van der Waals surface area contributed by atoms with Crippen molar-refractivity contribution in [1.82, 2.24) is 0 Å². The van der Waals surface area contributed by atoms with Gasteiger partial charge in [0.25, 0.3) is 18.6 Å². The number of Topliss-reactive ketones (excluding diaryl/α,β-unsaturated/α-hetero) is 2. The number of ether oxygens (including phenoxy) is 2. The molecule has 4 atom stereocenters. The van der Waals surface area contributed by atoms with Gasteiger partial charge in [0.05, 0.1) is 26.1 Å². The summed E-state index contributed by atoms with van der Waals surface area (Å²) in [5.74, 6) is -3.63. The highest BCUT2D eigenvalue weighted by molar-refractivity contribution is 7.47. The Morgan fingerprint density at radius 3 is 2.00 bits per heavy atom. The second-order valence-electron chi connectivity index (χ2n) is 13.2. The molecule has 0 saturated heterocycles. The summed E-state index contributed by atoms with van der Waals surface area (Å²) in [6.07, 6.45) is 9.47. The highest BCUT2D eigenvalue weighted by Crippen LogP contribution is 2.45. The number of unbranched alkanes of at least 4 members (excludes halogenated alkanes) is 10. The van der Waals surface area contributed by atoms with Crippen molar-refractivity contribution < 1.29 is 61.4 Å². The third kappa shape index (κ3) is 16.1. The second kappa shape index (κ2) is 23.2. The van der Waals surface area contributed by atoms with Crippen LogP contribution in [0.15, 0.2) is 24.3 Å². The number of quaternary nitrogens is 1. The molecular formula is C34H53N2O13P. The van der Waals surface area contributed by atoms with Crippen LogP contribution in [0, 0.1) is 10.1 Å². The first-order valence-corrected chi connectivity index (χ1v) is 18.5. The fourth-order valence-electron chi connectivity index (χ4n) is 5.33. The number of nitro benzene ring substituents is 1. The number of nitro groups is 1. The number of rotatable bonds is 31. The third-order valence-corrected chi connectivity index (χ3v) is 9.14. The van der Waals surface area contributed by atoms with E-state index in [1.54, 1.807) is 27.4 Å². The average molecular weight is 729 g/mol. The first-order valence-electron chi connectivity index (χ1n) is 17.0. The molecule has 50 heavy (non-hydrogen) atoms. The van der Waals surface area contributed by atoms with Crippen molar-refractivity contribution in [3.05, 3.63) is 39.9 Å². The van der Waals surface area contributed by atoms with E-state index in [-0.39, 0.29) is 43.8 Å². The molecule has 0 aliphatic carbocycles. The minimum absolute atomic E-state index is 0.0249. The van der Waals surface area contributed by atoms with Crippen molar-refractivity contribution in [2.45, 2.75) is 108 Å². The SMILES string of the molecule is CCCCCCCCCCCCCC(=O)C(OC=O)C(COP(=O)(O)OCC[N+](C)(C)C)(OC=O)C(=O)C(C[C-]=O)c1ccc([N+](=O)[O-])cc1. The number of ketones is 2. The smallest absolute Gasteiger partial charge is 0.472 e. The molecule has 0 fully saturated rings. The maximum absolute atomic E-state index is 14.4. The molecule has 1 aromatic carbocycles. The van der Waals surface area contributed by atoms with Crippen LogP contribution in [-0.2, 0) is 47.1 Å². The fourth-order valence-corrected chi connectivity index (χ4v) is 6.07. The van der Waals surface area contributed by atoms with Crippen LogP contribution in [0.1, 0.15) is 102 Å². The van der Waals surface area contributed by atoms with Crippen molar-refractivity contribution in [3.63, 3.8) is 0 Å². The summed E-state index contributed by atoms with van der Waals surface area (Å²) in [7, 11) is 0.438. The highest BCUT2D eigenvalue weighted by Gasteiger charge is 2.56. The maximum atomic E-state index is 14.4. The van der Waals surface area contributed by atoms with E-state index in [1.807, 2.05) is 0 Å². The fraction of sp³-hybridized carbons (Fsp3) is 0.676. The number of carbonyl (C=O) groups excluding carboxylic acids is 5. The molecule has 15 nitrogen and oxygen atoms in total. The van der Waals surface area contributed by atoms with Crippen molar-refractivity contribution in [1.29, 1.82) is 0 Å². The molecule has 0 heterocycles. The number of likely N-dealkylation sites (N-methyl/N-ethyl adjacent to an activating group) is 1. The first kappa shape index (κ1) is 44.7. The minimum atomic E-state index is -4.98. The zero-order valence-corrected chi connectivity index (χ0v) is 30.5. The zero-order chi connectivity index (χ0) is 37.6. The van der Waals surface area contributed by atoms with Gasteiger partial charge in [-0.3, -0.25) is 44.6 Å². The maximum Gasteiger partial charge on any atom is 0.472 e. The predicted octanol–water partition coefficient (Wildman–Crippen LogP) is 5.31. The summed E-state index contributed by atoms with van der Waals surface area (Å²) >= 11 is 0. The van der Waals surface area contributed by atoms with E-state index in [4.69, 9.17) is 18.5 Å². The molecule has 1 aromatic rings.